The van der Waals surface area contributed by atoms with E-state index in [4.69, 9.17) is 9.52 Å². The molecule has 6 heteroatoms. The van der Waals surface area contributed by atoms with Crippen LogP contribution in [0.5, 0.6) is 5.75 Å². The summed E-state index contributed by atoms with van der Waals surface area (Å²) < 4.78 is 5.59. The number of anilines is 1. The number of aromatic carboxylic acids is 1. The molecule has 0 saturated carbocycles. The lowest BCUT2D eigenvalue weighted by Gasteiger charge is -2.01. The van der Waals surface area contributed by atoms with Gasteiger partial charge in [-0.1, -0.05) is 0 Å². The molecule has 0 aliphatic rings. The van der Waals surface area contributed by atoms with E-state index in [1.54, 1.807) is 25.2 Å². The van der Waals surface area contributed by atoms with Gasteiger partial charge in [-0.2, -0.15) is 0 Å². The van der Waals surface area contributed by atoms with Crippen molar-refractivity contribution in [2.75, 3.05) is 12.4 Å². The highest BCUT2D eigenvalue weighted by molar-refractivity contribution is 5.88. The Hall–Kier alpha value is -3.02. The number of aromatic hydroxyl groups is 1. The molecule has 1 aromatic heterocycles. The molecule has 3 aromatic rings. The van der Waals surface area contributed by atoms with Gasteiger partial charge in [0.1, 0.15) is 11.3 Å². The van der Waals surface area contributed by atoms with E-state index in [1.807, 2.05) is 0 Å². The first-order valence-corrected chi connectivity index (χ1v) is 6.23. The maximum atomic E-state index is 10.8. The first kappa shape index (κ1) is 13.0. The van der Waals surface area contributed by atoms with Crippen molar-refractivity contribution in [2.24, 2.45) is 0 Å². The molecule has 0 aliphatic carbocycles. The quantitative estimate of drug-likeness (QED) is 0.640. The van der Waals surface area contributed by atoms with Crippen LogP contribution in [0, 0.1) is 0 Å². The lowest BCUT2D eigenvalue weighted by Crippen LogP contribution is -1.94. The third-order valence-corrected chi connectivity index (χ3v) is 3.15. The Morgan fingerprint density at radius 3 is 2.57 bits per heavy atom. The van der Waals surface area contributed by atoms with Crippen molar-refractivity contribution >= 4 is 22.8 Å². The largest absolute Gasteiger partial charge is 0.506 e. The number of oxazole rings is 1. The topological polar surface area (TPSA) is 95.6 Å². The number of fused-ring (bicyclic) bond motifs is 1. The minimum Gasteiger partial charge on any atom is -0.506 e. The van der Waals surface area contributed by atoms with Gasteiger partial charge in [0.25, 0.3) is 0 Å². The zero-order chi connectivity index (χ0) is 15.0. The Morgan fingerprint density at radius 2 is 1.95 bits per heavy atom. The molecule has 0 saturated heterocycles. The molecular formula is C15H12N2O4. The second-order valence-electron chi connectivity index (χ2n) is 4.49. The van der Waals surface area contributed by atoms with Gasteiger partial charge >= 0.3 is 5.97 Å². The zero-order valence-electron chi connectivity index (χ0n) is 11.1. The number of carboxylic acids is 1. The second kappa shape index (κ2) is 4.82. The average molecular weight is 284 g/mol. The normalized spacial score (nSPS) is 10.7. The number of carbonyl (C=O) groups is 1. The molecule has 6 nitrogen and oxygen atoms in total. The smallest absolute Gasteiger partial charge is 0.335 e. The van der Waals surface area contributed by atoms with Crippen LogP contribution in [0.2, 0.25) is 0 Å². The molecule has 0 fully saturated rings. The summed E-state index contributed by atoms with van der Waals surface area (Å²) in [5.41, 5.74) is 2.49. The molecule has 2 aromatic carbocycles. The fraction of sp³-hybridized carbons (Fsp3) is 0.0667. The van der Waals surface area contributed by atoms with Gasteiger partial charge in [0.2, 0.25) is 5.89 Å². The van der Waals surface area contributed by atoms with Crippen LogP contribution in [0.15, 0.2) is 40.8 Å². The van der Waals surface area contributed by atoms with Crippen LogP contribution < -0.4 is 5.32 Å². The molecule has 0 spiro atoms. The monoisotopic (exact) mass is 284 g/mol. The summed E-state index contributed by atoms with van der Waals surface area (Å²) >= 11 is 0. The summed E-state index contributed by atoms with van der Waals surface area (Å²) in [4.78, 5) is 15.2. The Kier molecular flexibility index (Phi) is 2.98. The average Bonchev–Trinajstić information content (AvgIpc) is 2.89. The van der Waals surface area contributed by atoms with Crippen LogP contribution in [0.1, 0.15) is 10.4 Å². The summed E-state index contributed by atoms with van der Waals surface area (Å²) in [5, 5.41) is 21.5. The van der Waals surface area contributed by atoms with Gasteiger partial charge in [-0.05, 0) is 30.3 Å². The SMILES string of the molecule is CNc1cc2nc(-c3ccc(C(=O)O)cc3)oc2cc1O. The standard InChI is InChI=1S/C15H12N2O4/c1-16-10-6-11-13(7-12(10)18)21-14(17-11)8-2-4-9(5-3-8)15(19)20/h2-7,16,18H,1H3,(H,19,20). The van der Waals surface area contributed by atoms with Crippen molar-refractivity contribution in [3.05, 3.63) is 42.0 Å². The first-order valence-electron chi connectivity index (χ1n) is 6.23. The highest BCUT2D eigenvalue weighted by atomic mass is 16.4. The molecule has 3 rings (SSSR count). The van der Waals surface area contributed by atoms with Crippen molar-refractivity contribution < 1.29 is 19.4 Å². The third kappa shape index (κ3) is 2.27. The Bertz CT molecular complexity index is 822. The van der Waals surface area contributed by atoms with Gasteiger partial charge < -0.3 is 19.9 Å². The van der Waals surface area contributed by atoms with Crippen molar-refractivity contribution in [1.29, 1.82) is 0 Å². The number of nitrogens with one attached hydrogen (secondary N) is 1. The molecule has 0 bridgehead atoms. The highest BCUT2D eigenvalue weighted by Crippen LogP contribution is 2.31. The van der Waals surface area contributed by atoms with Crippen LogP contribution >= 0.6 is 0 Å². The fourth-order valence-electron chi connectivity index (χ4n) is 2.04. The second-order valence-corrected chi connectivity index (χ2v) is 4.49. The van der Waals surface area contributed by atoms with Crippen LogP contribution in [-0.4, -0.2) is 28.2 Å². The molecule has 0 unspecified atom stereocenters. The number of aromatic nitrogens is 1. The predicted octanol–water partition coefficient (Wildman–Crippen LogP) is 2.94. The summed E-state index contributed by atoms with van der Waals surface area (Å²) in [7, 11) is 1.70. The van der Waals surface area contributed by atoms with Gasteiger partial charge in [-0.3, -0.25) is 0 Å². The Morgan fingerprint density at radius 1 is 1.24 bits per heavy atom. The van der Waals surface area contributed by atoms with E-state index in [0.717, 1.165) is 0 Å². The number of rotatable bonds is 3. The maximum absolute atomic E-state index is 10.8. The molecule has 0 atom stereocenters. The zero-order valence-corrected chi connectivity index (χ0v) is 11.1. The van der Waals surface area contributed by atoms with E-state index >= 15 is 0 Å². The maximum Gasteiger partial charge on any atom is 0.335 e. The van der Waals surface area contributed by atoms with E-state index in [1.165, 1.54) is 18.2 Å². The molecule has 0 aliphatic heterocycles. The van der Waals surface area contributed by atoms with Gasteiger partial charge in [-0.15, -0.1) is 0 Å². The van der Waals surface area contributed by atoms with Crippen LogP contribution in [0.3, 0.4) is 0 Å². The van der Waals surface area contributed by atoms with Crippen LogP contribution in [-0.2, 0) is 0 Å². The van der Waals surface area contributed by atoms with Crippen molar-refractivity contribution in [1.82, 2.24) is 4.98 Å². The van der Waals surface area contributed by atoms with Gasteiger partial charge in [0.15, 0.2) is 5.58 Å². The number of benzene rings is 2. The highest BCUT2D eigenvalue weighted by Gasteiger charge is 2.12. The molecule has 106 valence electrons. The summed E-state index contributed by atoms with van der Waals surface area (Å²) in [6, 6.07) is 9.42. The molecule has 1 heterocycles. The number of nitrogens with zero attached hydrogens (tertiary/aromatic N) is 1. The predicted molar refractivity (Wildman–Crippen MR) is 77.6 cm³/mol. The summed E-state index contributed by atoms with van der Waals surface area (Å²) in [6.07, 6.45) is 0. The van der Waals surface area contributed by atoms with Gasteiger partial charge in [0.05, 0.1) is 11.3 Å². The van der Waals surface area contributed by atoms with Gasteiger partial charge in [-0.25, -0.2) is 9.78 Å². The van der Waals surface area contributed by atoms with E-state index in [9.17, 15) is 9.90 Å². The number of carboxylic acid groups (broad SMARTS) is 1. The number of phenols is 1. The molecule has 21 heavy (non-hydrogen) atoms. The lowest BCUT2D eigenvalue weighted by molar-refractivity contribution is 0.0697. The van der Waals surface area contributed by atoms with Crippen molar-refractivity contribution in [2.45, 2.75) is 0 Å². The van der Waals surface area contributed by atoms with E-state index in [2.05, 4.69) is 10.3 Å². The Labute approximate surface area is 119 Å². The van der Waals surface area contributed by atoms with E-state index in [0.29, 0.717) is 28.2 Å². The Balaban J connectivity index is 2.06. The molecule has 0 radical (unpaired) electrons. The van der Waals surface area contributed by atoms with E-state index in [-0.39, 0.29) is 11.3 Å². The van der Waals surface area contributed by atoms with Crippen molar-refractivity contribution in [3.8, 4) is 17.2 Å². The molecule has 3 N–H and O–H groups in total. The number of phenolic OH excluding ortho intramolecular Hbond substituents is 1. The number of hydrogen-bond donors (Lipinski definition) is 3. The summed E-state index contributed by atoms with van der Waals surface area (Å²) in [5.74, 6) is -0.536. The van der Waals surface area contributed by atoms with Crippen LogP contribution in [0.25, 0.3) is 22.6 Å². The molecular weight excluding hydrogens is 272 g/mol. The summed E-state index contributed by atoms with van der Waals surface area (Å²) in [6.45, 7) is 0. The van der Waals surface area contributed by atoms with Gasteiger partial charge in [0, 0.05) is 18.7 Å². The van der Waals surface area contributed by atoms with Crippen LogP contribution in [0.4, 0.5) is 5.69 Å². The van der Waals surface area contributed by atoms with E-state index < -0.39 is 5.97 Å². The lowest BCUT2D eigenvalue weighted by atomic mass is 10.1. The first-order chi connectivity index (χ1) is 10.1. The number of hydrogen-bond acceptors (Lipinski definition) is 5. The minimum atomic E-state index is -0.984. The van der Waals surface area contributed by atoms with Crippen molar-refractivity contribution in [3.63, 3.8) is 0 Å². The molecule has 0 amide bonds. The minimum absolute atomic E-state index is 0.0777. The third-order valence-electron chi connectivity index (χ3n) is 3.15. The fourth-order valence-corrected chi connectivity index (χ4v) is 2.04.